The second kappa shape index (κ2) is 7.23. The molecule has 0 aliphatic heterocycles. The van der Waals surface area contributed by atoms with Gasteiger partial charge in [0.15, 0.2) is 5.78 Å². The van der Waals surface area contributed by atoms with E-state index in [0.717, 1.165) is 15.7 Å². The number of benzene rings is 2. The molecule has 2 rings (SSSR count). The summed E-state index contributed by atoms with van der Waals surface area (Å²) >= 11 is 3.39. The van der Waals surface area contributed by atoms with Crippen LogP contribution in [0.4, 0.5) is 5.69 Å². The van der Waals surface area contributed by atoms with Gasteiger partial charge < -0.3 is 14.4 Å². The molecule has 0 amide bonds. The smallest absolute Gasteiger partial charge is 0.356 e. The fourth-order valence-electron chi connectivity index (χ4n) is 1.97. The van der Waals surface area contributed by atoms with Gasteiger partial charge in [0.2, 0.25) is 0 Å². The topological polar surface area (TPSA) is 47.6 Å². The summed E-state index contributed by atoms with van der Waals surface area (Å²) < 4.78 is 24.1. The molecule has 1 N–H and O–H groups in total. The van der Waals surface area contributed by atoms with Crippen molar-refractivity contribution >= 4 is 29.2 Å². The SMILES string of the molecule is COP(=O)(OC)C(Nc1ccc(Br)cc1)c1ccccc1. The number of anilines is 1. The Balaban J connectivity index is 2.37. The molecular weight excluding hydrogens is 353 g/mol. The largest absolute Gasteiger partial charge is 0.368 e. The van der Waals surface area contributed by atoms with Gasteiger partial charge in [-0.3, -0.25) is 4.57 Å². The molecule has 0 aliphatic rings. The maximum Gasteiger partial charge on any atom is 0.356 e. The van der Waals surface area contributed by atoms with Crippen LogP contribution >= 0.6 is 23.5 Å². The summed E-state index contributed by atoms with van der Waals surface area (Å²) in [6.45, 7) is 0. The van der Waals surface area contributed by atoms with E-state index < -0.39 is 13.4 Å². The van der Waals surface area contributed by atoms with Gasteiger partial charge in [0.05, 0.1) is 0 Å². The van der Waals surface area contributed by atoms with Crippen LogP contribution in [-0.4, -0.2) is 14.2 Å². The molecule has 6 heteroatoms. The molecule has 2 aromatic carbocycles. The molecule has 112 valence electrons. The van der Waals surface area contributed by atoms with Crippen LogP contribution < -0.4 is 5.32 Å². The van der Waals surface area contributed by atoms with Gasteiger partial charge in [0, 0.05) is 24.4 Å². The molecule has 1 atom stereocenters. The standard InChI is InChI=1S/C15H17BrNO3P/c1-19-21(18,20-2)15(12-6-4-3-5-7-12)17-14-10-8-13(16)9-11-14/h3-11,15,17H,1-2H3. The molecule has 0 aromatic heterocycles. The van der Waals surface area contributed by atoms with Crippen LogP contribution in [0.25, 0.3) is 0 Å². The zero-order valence-electron chi connectivity index (χ0n) is 11.8. The van der Waals surface area contributed by atoms with E-state index in [4.69, 9.17) is 9.05 Å². The first-order valence-electron chi connectivity index (χ1n) is 6.37. The number of halogens is 1. The quantitative estimate of drug-likeness (QED) is 0.724. The van der Waals surface area contributed by atoms with E-state index in [1.54, 1.807) is 0 Å². The number of hydrogen-bond donors (Lipinski definition) is 1. The molecular formula is C15H17BrNO3P. The summed E-state index contributed by atoms with van der Waals surface area (Å²) in [4.78, 5) is 0. The molecule has 21 heavy (non-hydrogen) atoms. The fraction of sp³-hybridized carbons (Fsp3) is 0.200. The Labute approximate surface area is 133 Å². The van der Waals surface area contributed by atoms with Gasteiger partial charge in [-0.15, -0.1) is 0 Å². The molecule has 0 aliphatic carbocycles. The van der Waals surface area contributed by atoms with Crippen LogP contribution in [0.2, 0.25) is 0 Å². The van der Waals surface area contributed by atoms with Crippen LogP contribution in [0.5, 0.6) is 0 Å². The molecule has 4 nitrogen and oxygen atoms in total. The normalized spacial score (nSPS) is 12.9. The predicted octanol–water partition coefficient (Wildman–Crippen LogP) is 5.05. The lowest BCUT2D eigenvalue weighted by Crippen LogP contribution is -2.13. The van der Waals surface area contributed by atoms with Crippen molar-refractivity contribution in [1.29, 1.82) is 0 Å². The summed E-state index contributed by atoms with van der Waals surface area (Å²) in [6.07, 6.45) is 0. The Morgan fingerprint density at radius 2 is 1.57 bits per heavy atom. The minimum atomic E-state index is -3.31. The first-order chi connectivity index (χ1) is 10.1. The lowest BCUT2D eigenvalue weighted by Gasteiger charge is -2.26. The van der Waals surface area contributed by atoms with Crippen LogP contribution in [0, 0.1) is 0 Å². The van der Waals surface area contributed by atoms with E-state index in [2.05, 4.69) is 21.2 Å². The highest BCUT2D eigenvalue weighted by Gasteiger charge is 2.35. The Hall–Kier alpha value is -1.13. The molecule has 0 fully saturated rings. The number of nitrogens with one attached hydrogen (secondary N) is 1. The van der Waals surface area contributed by atoms with Crippen molar-refractivity contribution in [1.82, 2.24) is 0 Å². The summed E-state index contributed by atoms with van der Waals surface area (Å²) in [7, 11) is -0.529. The van der Waals surface area contributed by atoms with E-state index in [9.17, 15) is 4.57 Å². The Kier molecular flexibility index (Phi) is 5.59. The molecule has 0 bridgehead atoms. The minimum absolute atomic E-state index is 0.574. The molecule has 0 spiro atoms. The lowest BCUT2D eigenvalue weighted by atomic mass is 10.2. The predicted molar refractivity (Wildman–Crippen MR) is 88.6 cm³/mol. The van der Waals surface area contributed by atoms with Gasteiger partial charge in [0.1, 0.15) is 0 Å². The third-order valence-electron chi connectivity index (χ3n) is 3.09. The van der Waals surface area contributed by atoms with Crippen molar-refractivity contribution in [3.63, 3.8) is 0 Å². The van der Waals surface area contributed by atoms with Gasteiger partial charge in [-0.05, 0) is 29.8 Å². The average Bonchev–Trinajstić information content (AvgIpc) is 2.54. The Bertz CT molecular complexity index is 611. The average molecular weight is 370 g/mol. The van der Waals surface area contributed by atoms with Gasteiger partial charge in [-0.25, -0.2) is 0 Å². The van der Waals surface area contributed by atoms with Crippen LogP contribution in [-0.2, 0) is 13.6 Å². The van der Waals surface area contributed by atoms with E-state index >= 15 is 0 Å². The third-order valence-corrected chi connectivity index (χ3v) is 5.69. The van der Waals surface area contributed by atoms with Gasteiger partial charge in [-0.2, -0.15) is 0 Å². The van der Waals surface area contributed by atoms with Crippen molar-refractivity contribution in [2.45, 2.75) is 5.78 Å². The maximum absolute atomic E-state index is 12.8. The van der Waals surface area contributed by atoms with Gasteiger partial charge >= 0.3 is 7.60 Å². The molecule has 0 saturated carbocycles. The lowest BCUT2D eigenvalue weighted by molar-refractivity contribution is 0.268. The van der Waals surface area contributed by atoms with Crippen LogP contribution in [0.3, 0.4) is 0 Å². The van der Waals surface area contributed by atoms with E-state index in [-0.39, 0.29) is 0 Å². The zero-order valence-corrected chi connectivity index (χ0v) is 14.3. The van der Waals surface area contributed by atoms with Crippen molar-refractivity contribution in [2.75, 3.05) is 19.5 Å². The van der Waals surface area contributed by atoms with E-state index in [1.165, 1.54) is 14.2 Å². The summed E-state index contributed by atoms with van der Waals surface area (Å²) in [5.74, 6) is -0.574. The number of hydrogen-bond acceptors (Lipinski definition) is 4. The van der Waals surface area contributed by atoms with Crippen molar-refractivity contribution in [2.24, 2.45) is 0 Å². The van der Waals surface area contributed by atoms with E-state index in [1.807, 2.05) is 54.6 Å². The summed E-state index contributed by atoms with van der Waals surface area (Å²) in [5.41, 5.74) is 1.67. The monoisotopic (exact) mass is 369 g/mol. The van der Waals surface area contributed by atoms with Crippen molar-refractivity contribution in [3.8, 4) is 0 Å². The van der Waals surface area contributed by atoms with Crippen molar-refractivity contribution < 1.29 is 13.6 Å². The maximum atomic E-state index is 12.8. The summed E-state index contributed by atoms with van der Waals surface area (Å²) in [5, 5.41) is 3.23. The molecule has 1 unspecified atom stereocenters. The van der Waals surface area contributed by atoms with Gasteiger partial charge in [0.25, 0.3) is 0 Å². The number of rotatable bonds is 6. The second-order valence-corrected chi connectivity index (χ2v) is 7.61. The highest BCUT2D eigenvalue weighted by molar-refractivity contribution is 9.10. The first-order valence-corrected chi connectivity index (χ1v) is 8.78. The highest BCUT2D eigenvalue weighted by Crippen LogP contribution is 2.59. The third kappa shape index (κ3) is 3.95. The second-order valence-electron chi connectivity index (χ2n) is 4.37. The zero-order chi connectivity index (χ0) is 15.3. The Morgan fingerprint density at radius 1 is 1.00 bits per heavy atom. The Morgan fingerprint density at radius 3 is 2.10 bits per heavy atom. The molecule has 0 heterocycles. The molecule has 2 aromatic rings. The highest BCUT2D eigenvalue weighted by atomic mass is 79.9. The van der Waals surface area contributed by atoms with E-state index in [0.29, 0.717) is 0 Å². The van der Waals surface area contributed by atoms with Crippen LogP contribution in [0.1, 0.15) is 11.3 Å². The summed E-state index contributed by atoms with van der Waals surface area (Å²) in [6, 6.07) is 17.1. The molecule has 0 saturated heterocycles. The first kappa shape index (κ1) is 16.2. The molecule has 0 radical (unpaired) electrons. The van der Waals surface area contributed by atoms with Gasteiger partial charge in [-0.1, -0.05) is 46.3 Å². The van der Waals surface area contributed by atoms with Crippen molar-refractivity contribution in [3.05, 3.63) is 64.6 Å². The fourth-order valence-corrected chi connectivity index (χ4v) is 3.65. The van der Waals surface area contributed by atoms with Crippen LogP contribution in [0.15, 0.2) is 59.1 Å². The minimum Gasteiger partial charge on any atom is -0.368 e.